The minimum atomic E-state index is 0.272. The van der Waals surface area contributed by atoms with Gasteiger partial charge in [0.25, 0.3) is 0 Å². The number of carbonyl (C=O) groups is 1. The summed E-state index contributed by atoms with van der Waals surface area (Å²) in [5, 5.41) is 0. The van der Waals surface area contributed by atoms with Crippen LogP contribution in [0.1, 0.15) is 72.1 Å². The van der Waals surface area contributed by atoms with E-state index >= 15 is 0 Å². The van der Waals surface area contributed by atoms with Crippen molar-refractivity contribution >= 4 is 5.78 Å². The van der Waals surface area contributed by atoms with E-state index in [0.717, 1.165) is 30.1 Å². The van der Waals surface area contributed by atoms with Crippen molar-refractivity contribution in [3.63, 3.8) is 0 Å². The van der Waals surface area contributed by atoms with Crippen molar-refractivity contribution in [2.75, 3.05) is 7.11 Å². The fraction of sp³-hybridized carbons (Fsp3) is 0.955. The first-order valence-electron chi connectivity index (χ1n) is 10.4. The summed E-state index contributed by atoms with van der Waals surface area (Å²) < 4.78 is 6.15. The summed E-state index contributed by atoms with van der Waals surface area (Å²) in [5.41, 5.74) is 1.31. The molecular formula is C22H34O2. The number of hydrogen-bond donors (Lipinski definition) is 0. The molecule has 2 heteroatoms. The number of fused-ring (bicyclic) bond motifs is 4. The van der Waals surface area contributed by atoms with E-state index in [4.69, 9.17) is 4.74 Å². The van der Waals surface area contributed by atoms with Crippen LogP contribution in [0.5, 0.6) is 0 Å². The molecule has 0 amide bonds. The number of ketones is 1. The minimum Gasteiger partial charge on any atom is -0.381 e. The molecule has 134 valence electrons. The Morgan fingerprint density at radius 1 is 1.04 bits per heavy atom. The van der Waals surface area contributed by atoms with Gasteiger partial charge >= 0.3 is 0 Å². The lowest BCUT2D eigenvalue weighted by atomic mass is 9.45. The third kappa shape index (κ3) is 1.57. The van der Waals surface area contributed by atoms with Crippen LogP contribution >= 0.6 is 0 Å². The van der Waals surface area contributed by atoms with Crippen LogP contribution in [0.3, 0.4) is 0 Å². The number of methoxy groups -OCH3 is 1. The lowest BCUT2D eigenvalue weighted by molar-refractivity contribution is -0.161. The third-order valence-electron chi connectivity index (χ3n) is 10.3. The molecule has 0 aromatic carbocycles. The number of carbonyl (C=O) groups excluding carboxylic acids is 1. The van der Waals surface area contributed by atoms with E-state index < -0.39 is 0 Å². The summed E-state index contributed by atoms with van der Waals surface area (Å²) in [6, 6.07) is 0. The maximum absolute atomic E-state index is 12.3. The lowest BCUT2D eigenvalue weighted by Gasteiger charge is -2.60. The van der Waals surface area contributed by atoms with Crippen molar-refractivity contribution in [1.29, 1.82) is 0 Å². The molecule has 0 saturated heterocycles. The number of rotatable bonds is 2. The fourth-order valence-corrected chi connectivity index (χ4v) is 9.25. The van der Waals surface area contributed by atoms with Gasteiger partial charge in [-0.1, -0.05) is 13.8 Å². The van der Waals surface area contributed by atoms with E-state index in [9.17, 15) is 4.79 Å². The van der Waals surface area contributed by atoms with Gasteiger partial charge in [0, 0.05) is 18.4 Å². The fourth-order valence-electron chi connectivity index (χ4n) is 9.25. The van der Waals surface area contributed by atoms with Crippen molar-refractivity contribution in [1.82, 2.24) is 0 Å². The van der Waals surface area contributed by atoms with E-state index in [1.807, 2.05) is 14.0 Å². The first kappa shape index (κ1) is 15.9. The maximum atomic E-state index is 12.3. The monoisotopic (exact) mass is 330 g/mol. The molecule has 24 heavy (non-hydrogen) atoms. The molecule has 0 aromatic heterocycles. The Morgan fingerprint density at radius 2 is 1.83 bits per heavy atom. The zero-order chi connectivity index (χ0) is 16.9. The summed E-state index contributed by atoms with van der Waals surface area (Å²) in [5.74, 6) is 4.17. The van der Waals surface area contributed by atoms with Gasteiger partial charge in [0.1, 0.15) is 5.78 Å². The number of ether oxygens (including phenoxy) is 1. The van der Waals surface area contributed by atoms with E-state index in [2.05, 4.69) is 13.8 Å². The Hall–Kier alpha value is -0.370. The van der Waals surface area contributed by atoms with Gasteiger partial charge in [-0.15, -0.1) is 0 Å². The summed E-state index contributed by atoms with van der Waals surface area (Å²) in [4.78, 5) is 12.3. The number of Topliss-reactive ketones (excluding diaryl/α,β-unsaturated/α-hetero) is 1. The van der Waals surface area contributed by atoms with Crippen molar-refractivity contribution in [2.24, 2.45) is 45.8 Å². The van der Waals surface area contributed by atoms with E-state index in [-0.39, 0.29) is 5.41 Å². The van der Waals surface area contributed by atoms with Gasteiger partial charge in [-0.2, -0.15) is 0 Å². The van der Waals surface area contributed by atoms with Gasteiger partial charge in [0.2, 0.25) is 0 Å². The zero-order valence-electron chi connectivity index (χ0n) is 15.9. The Kier molecular flexibility index (Phi) is 3.08. The van der Waals surface area contributed by atoms with E-state index in [1.165, 1.54) is 44.9 Å². The van der Waals surface area contributed by atoms with Crippen molar-refractivity contribution in [2.45, 2.75) is 78.2 Å². The van der Waals surface area contributed by atoms with E-state index in [0.29, 0.717) is 28.6 Å². The van der Waals surface area contributed by atoms with Crippen LogP contribution in [0.2, 0.25) is 0 Å². The summed E-state index contributed by atoms with van der Waals surface area (Å²) in [6.45, 7) is 6.92. The Bertz CT molecular complexity index is 585. The van der Waals surface area contributed by atoms with Gasteiger partial charge in [0.15, 0.2) is 0 Å². The lowest BCUT2D eigenvalue weighted by Crippen LogP contribution is -2.57. The third-order valence-corrected chi connectivity index (χ3v) is 10.3. The van der Waals surface area contributed by atoms with Crippen LogP contribution in [0.15, 0.2) is 0 Å². The molecule has 5 aliphatic rings. The Morgan fingerprint density at radius 3 is 2.50 bits per heavy atom. The van der Waals surface area contributed by atoms with Crippen LogP contribution in [0.4, 0.5) is 0 Å². The molecule has 3 unspecified atom stereocenters. The minimum absolute atomic E-state index is 0.272. The molecule has 0 heterocycles. The van der Waals surface area contributed by atoms with Crippen LogP contribution in [-0.2, 0) is 9.53 Å². The highest BCUT2D eigenvalue weighted by molar-refractivity contribution is 5.79. The van der Waals surface area contributed by atoms with Crippen molar-refractivity contribution in [3.05, 3.63) is 0 Å². The predicted octanol–water partition coefficient (Wildman–Crippen LogP) is 4.86. The standard InChI is InChI=1S/C22H34O2/c1-13(23)16-5-6-17-15-11-19(24-4)22-12-14(22)7-10-21(22,3)18(15)8-9-20(16,17)2/h14-19H,5-12H2,1-4H3/t14?,15-,16+,17-,18-,19?,20+,21+,22?/m0/s1. The zero-order valence-corrected chi connectivity index (χ0v) is 15.9. The molecule has 2 nitrogen and oxygen atoms in total. The van der Waals surface area contributed by atoms with Gasteiger partial charge in [-0.05, 0) is 92.8 Å². The first-order chi connectivity index (χ1) is 11.4. The molecular weight excluding hydrogens is 296 g/mol. The molecule has 0 N–H and O–H groups in total. The van der Waals surface area contributed by atoms with Gasteiger partial charge in [0.05, 0.1) is 6.10 Å². The summed E-state index contributed by atoms with van der Waals surface area (Å²) in [7, 11) is 1.96. The van der Waals surface area contributed by atoms with E-state index in [1.54, 1.807) is 0 Å². The second kappa shape index (κ2) is 4.67. The molecule has 0 aromatic rings. The summed E-state index contributed by atoms with van der Waals surface area (Å²) >= 11 is 0. The van der Waals surface area contributed by atoms with Gasteiger partial charge in [-0.25, -0.2) is 0 Å². The van der Waals surface area contributed by atoms with Crippen LogP contribution < -0.4 is 0 Å². The van der Waals surface area contributed by atoms with Crippen LogP contribution in [-0.4, -0.2) is 19.0 Å². The molecule has 5 aliphatic carbocycles. The van der Waals surface area contributed by atoms with Crippen molar-refractivity contribution in [3.8, 4) is 0 Å². The second-order valence-corrected chi connectivity index (χ2v) is 10.5. The highest BCUT2D eigenvalue weighted by Crippen LogP contribution is 2.82. The molecule has 9 atom stereocenters. The highest BCUT2D eigenvalue weighted by atomic mass is 16.5. The Labute approximate surface area is 147 Å². The largest absolute Gasteiger partial charge is 0.381 e. The van der Waals surface area contributed by atoms with Crippen molar-refractivity contribution < 1.29 is 9.53 Å². The first-order valence-corrected chi connectivity index (χ1v) is 10.4. The quantitative estimate of drug-likeness (QED) is 0.723. The summed E-state index contributed by atoms with van der Waals surface area (Å²) in [6.07, 6.45) is 11.1. The van der Waals surface area contributed by atoms with Gasteiger partial charge in [-0.3, -0.25) is 4.79 Å². The molecule has 5 saturated carbocycles. The SMILES string of the molecule is COC1C[C@H]2[C@@H]3CC[C@H](C(C)=O)[C@@]3(C)CC[C@@H]2[C@@]2(C)CCC3CC312. The topological polar surface area (TPSA) is 26.3 Å². The normalized spacial score (nSPS) is 60.8. The molecule has 0 aliphatic heterocycles. The van der Waals surface area contributed by atoms with Crippen LogP contribution in [0.25, 0.3) is 0 Å². The molecule has 1 spiro atoms. The van der Waals surface area contributed by atoms with Gasteiger partial charge < -0.3 is 4.74 Å². The second-order valence-electron chi connectivity index (χ2n) is 10.5. The Balaban J connectivity index is 1.53. The predicted molar refractivity (Wildman–Crippen MR) is 94.5 cm³/mol. The number of hydrogen-bond acceptors (Lipinski definition) is 2. The highest BCUT2D eigenvalue weighted by Gasteiger charge is 2.77. The maximum Gasteiger partial charge on any atom is 0.133 e. The molecule has 5 rings (SSSR count). The van der Waals surface area contributed by atoms with Crippen LogP contribution in [0, 0.1) is 45.8 Å². The average Bonchev–Trinajstić information content (AvgIpc) is 3.04. The average molecular weight is 331 g/mol. The molecule has 5 fully saturated rings. The molecule has 0 radical (unpaired) electrons. The molecule has 0 bridgehead atoms. The smallest absolute Gasteiger partial charge is 0.133 e.